The number of anilines is 1. The lowest BCUT2D eigenvalue weighted by molar-refractivity contribution is 0.306. The largest absolute Gasteiger partial charge is 0.487 e. The Morgan fingerprint density at radius 2 is 1.96 bits per heavy atom. The monoisotopic (exact) mass is 461 g/mol. The normalized spacial score (nSPS) is 10.3. The number of ether oxygens (including phenoxy) is 2. The van der Waals surface area contributed by atoms with Gasteiger partial charge in [0.25, 0.3) is 5.17 Å². The van der Waals surface area contributed by atoms with Crippen molar-refractivity contribution in [2.24, 2.45) is 0 Å². The van der Waals surface area contributed by atoms with Crippen LogP contribution in [0, 0.1) is 17.4 Å². The van der Waals surface area contributed by atoms with E-state index in [9.17, 15) is 0 Å². The summed E-state index contributed by atoms with van der Waals surface area (Å²) in [6, 6.07) is 9.78. The predicted molar refractivity (Wildman–Crippen MR) is 108 cm³/mol. The summed E-state index contributed by atoms with van der Waals surface area (Å²) in [5.41, 5.74) is 4.15. The van der Waals surface area contributed by atoms with Gasteiger partial charge >= 0.3 is 0 Å². The summed E-state index contributed by atoms with van der Waals surface area (Å²) in [5, 5.41) is 3.99. The summed E-state index contributed by atoms with van der Waals surface area (Å²) >= 11 is 13.6. The molecule has 2 aromatic carbocycles. The molecule has 0 spiro atoms. The number of thiocarbonyl (C=S) groups is 1. The second-order valence-electron chi connectivity index (χ2n) is 5.04. The van der Waals surface area contributed by atoms with Gasteiger partial charge in [-0.1, -0.05) is 17.7 Å². The number of nitrogens with one attached hydrogen (secondary N) is 1. The van der Waals surface area contributed by atoms with Gasteiger partial charge in [-0.25, -0.2) is 0 Å². The van der Waals surface area contributed by atoms with E-state index in [4.69, 9.17) is 33.3 Å². The van der Waals surface area contributed by atoms with Gasteiger partial charge in [0, 0.05) is 14.8 Å². The summed E-state index contributed by atoms with van der Waals surface area (Å²) in [6.07, 6.45) is 0. The first-order valence-corrected chi connectivity index (χ1v) is 8.80. The smallest absolute Gasteiger partial charge is 0.260 e. The third-order valence-electron chi connectivity index (χ3n) is 3.46. The Kier molecular flexibility index (Phi) is 6.50. The third kappa shape index (κ3) is 4.71. The molecule has 0 unspecified atom stereocenters. The van der Waals surface area contributed by atoms with Gasteiger partial charge in [0.1, 0.15) is 12.4 Å². The molecule has 0 aromatic heterocycles. The number of benzene rings is 2. The molecule has 122 valence electrons. The third-order valence-corrected chi connectivity index (χ3v) is 5.04. The van der Waals surface area contributed by atoms with Crippen LogP contribution in [0.4, 0.5) is 5.69 Å². The predicted octanol–water partition coefficient (Wildman–Crippen LogP) is 5.48. The van der Waals surface area contributed by atoms with Crippen LogP contribution in [-0.2, 0) is 11.3 Å². The van der Waals surface area contributed by atoms with Crippen LogP contribution in [0.15, 0.2) is 30.3 Å². The Morgan fingerprint density at radius 3 is 2.65 bits per heavy atom. The standard InChI is InChI=1S/C17H17ClINO2S/c1-10-7-13(18)16(8-11(10)2)22-9-12-14(19)5-4-6-15(12)20-17(23)21-3/h4-8H,9H2,1-3H3,(H,20,23). The fourth-order valence-electron chi connectivity index (χ4n) is 2.00. The van der Waals surface area contributed by atoms with Gasteiger partial charge in [0.15, 0.2) is 0 Å². The SMILES string of the molecule is COC(=S)Nc1cccc(I)c1COc1cc(C)c(C)cc1Cl. The molecule has 2 aromatic rings. The Bertz CT molecular complexity index is 737. The minimum absolute atomic E-state index is 0.317. The molecule has 0 aliphatic rings. The van der Waals surface area contributed by atoms with Crippen molar-refractivity contribution in [2.75, 3.05) is 12.4 Å². The van der Waals surface area contributed by atoms with Crippen LogP contribution in [0.1, 0.15) is 16.7 Å². The average Bonchev–Trinajstić information content (AvgIpc) is 2.51. The lowest BCUT2D eigenvalue weighted by Crippen LogP contribution is -2.13. The quantitative estimate of drug-likeness (QED) is 0.482. The first-order chi connectivity index (χ1) is 10.9. The van der Waals surface area contributed by atoms with E-state index in [1.54, 1.807) is 0 Å². The van der Waals surface area contributed by atoms with E-state index in [1.165, 1.54) is 7.11 Å². The molecule has 0 bridgehead atoms. The number of rotatable bonds is 4. The van der Waals surface area contributed by atoms with Crippen LogP contribution >= 0.6 is 46.4 Å². The van der Waals surface area contributed by atoms with E-state index in [-0.39, 0.29) is 0 Å². The highest BCUT2D eigenvalue weighted by atomic mass is 127. The molecule has 0 atom stereocenters. The summed E-state index contributed by atoms with van der Waals surface area (Å²) in [4.78, 5) is 0. The number of hydrogen-bond donors (Lipinski definition) is 1. The molecule has 1 N–H and O–H groups in total. The minimum atomic E-state index is 0.317. The molecule has 0 aliphatic carbocycles. The maximum absolute atomic E-state index is 6.27. The lowest BCUT2D eigenvalue weighted by Gasteiger charge is -2.16. The Labute approximate surface area is 160 Å². The van der Waals surface area contributed by atoms with E-state index < -0.39 is 0 Å². The zero-order valence-electron chi connectivity index (χ0n) is 13.1. The van der Waals surface area contributed by atoms with Crippen LogP contribution in [0.25, 0.3) is 0 Å². The molecule has 0 heterocycles. The molecule has 0 saturated heterocycles. The van der Waals surface area contributed by atoms with Crippen molar-refractivity contribution in [1.29, 1.82) is 0 Å². The van der Waals surface area contributed by atoms with Crippen molar-refractivity contribution in [3.63, 3.8) is 0 Å². The molecule has 0 saturated carbocycles. The molecule has 0 amide bonds. The summed E-state index contributed by atoms with van der Waals surface area (Å²) in [7, 11) is 1.54. The van der Waals surface area contributed by atoms with Gasteiger partial charge in [-0.05, 0) is 84.0 Å². The van der Waals surface area contributed by atoms with Crippen molar-refractivity contribution < 1.29 is 9.47 Å². The maximum Gasteiger partial charge on any atom is 0.260 e. The van der Waals surface area contributed by atoms with Crippen LogP contribution < -0.4 is 10.1 Å². The number of methoxy groups -OCH3 is 1. The van der Waals surface area contributed by atoms with E-state index in [2.05, 4.69) is 27.9 Å². The zero-order valence-corrected chi connectivity index (χ0v) is 16.8. The Morgan fingerprint density at radius 1 is 1.26 bits per heavy atom. The zero-order chi connectivity index (χ0) is 17.0. The Hall–Kier alpha value is -1.05. The molecule has 2 rings (SSSR count). The highest BCUT2D eigenvalue weighted by Crippen LogP contribution is 2.30. The van der Waals surface area contributed by atoms with Gasteiger partial charge in [0.2, 0.25) is 0 Å². The van der Waals surface area contributed by atoms with Gasteiger partial charge in [0.05, 0.1) is 12.1 Å². The highest BCUT2D eigenvalue weighted by Gasteiger charge is 2.11. The van der Waals surface area contributed by atoms with Crippen LogP contribution in [0.5, 0.6) is 5.75 Å². The van der Waals surface area contributed by atoms with E-state index >= 15 is 0 Å². The Balaban J connectivity index is 2.23. The fourth-order valence-corrected chi connectivity index (χ4v) is 3.04. The van der Waals surface area contributed by atoms with Crippen LogP contribution in [0.3, 0.4) is 0 Å². The van der Waals surface area contributed by atoms with Gasteiger partial charge in [-0.2, -0.15) is 0 Å². The molecular formula is C17H17ClINO2S. The average molecular weight is 462 g/mol. The van der Waals surface area contributed by atoms with Gasteiger partial charge in [-0.15, -0.1) is 0 Å². The van der Waals surface area contributed by atoms with Crippen molar-refractivity contribution in [3.8, 4) is 5.75 Å². The highest BCUT2D eigenvalue weighted by molar-refractivity contribution is 14.1. The van der Waals surface area contributed by atoms with Crippen LogP contribution in [-0.4, -0.2) is 12.3 Å². The molecule has 3 nitrogen and oxygen atoms in total. The molecular weight excluding hydrogens is 445 g/mol. The molecule has 0 aliphatic heterocycles. The number of aryl methyl sites for hydroxylation is 2. The lowest BCUT2D eigenvalue weighted by atomic mass is 10.1. The van der Waals surface area contributed by atoms with Crippen molar-refractivity contribution >= 4 is 57.3 Å². The minimum Gasteiger partial charge on any atom is -0.487 e. The number of hydrogen-bond acceptors (Lipinski definition) is 3. The second kappa shape index (κ2) is 8.17. The van der Waals surface area contributed by atoms with Crippen molar-refractivity contribution in [1.82, 2.24) is 0 Å². The van der Waals surface area contributed by atoms with Crippen LogP contribution in [0.2, 0.25) is 5.02 Å². The van der Waals surface area contributed by atoms with Crippen molar-refractivity contribution in [2.45, 2.75) is 20.5 Å². The van der Waals surface area contributed by atoms with Crippen molar-refractivity contribution in [3.05, 3.63) is 55.6 Å². The summed E-state index contributed by atoms with van der Waals surface area (Å²) in [6.45, 7) is 4.45. The second-order valence-corrected chi connectivity index (χ2v) is 6.98. The molecule has 23 heavy (non-hydrogen) atoms. The van der Waals surface area contributed by atoms with E-state index in [1.807, 2.05) is 44.2 Å². The molecule has 6 heteroatoms. The number of halogens is 2. The van der Waals surface area contributed by atoms with Gasteiger partial charge in [-0.3, -0.25) is 0 Å². The first kappa shape index (κ1) is 18.3. The van der Waals surface area contributed by atoms with E-state index in [0.29, 0.717) is 22.6 Å². The maximum atomic E-state index is 6.27. The fraction of sp³-hybridized carbons (Fsp3) is 0.235. The summed E-state index contributed by atoms with van der Waals surface area (Å²) < 4.78 is 12.0. The summed E-state index contributed by atoms with van der Waals surface area (Å²) in [5.74, 6) is 0.676. The molecule has 0 radical (unpaired) electrons. The van der Waals surface area contributed by atoms with Gasteiger partial charge < -0.3 is 14.8 Å². The molecule has 0 fully saturated rings. The first-order valence-electron chi connectivity index (χ1n) is 6.94. The topological polar surface area (TPSA) is 30.5 Å². The van der Waals surface area contributed by atoms with E-state index in [0.717, 1.165) is 25.9 Å².